The van der Waals surface area contributed by atoms with E-state index in [0.29, 0.717) is 24.4 Å². The normalized spacial score (nSPS) is 45.3. The van der Waals surface area contributed by atoms with Gasteiger partial charge in [0.15, 0.2) is 0 Å². The molecule has 2 aliphatic carbocycles. The largest absolute Gasteiger partial charge is 0.478 e. The van der Waals surface area contributed by atoms with Crippen LogP contribution in [0.5, 0.6) is 0 Å². The molecule has 0 amide bonds. The lowest BCUT2D eigenvalue weighted by Gasteiger charge is -2.53. The molecule has 0 spiro atoms. The first kappa shape index (κ1) is 22.5. The highest BCUT2D eigenvalue weighted by Gasteiger charge is 2.59. The number of carbonyl (C=O) groups is 1. The minimum absolute atomic E-state index is 0.0257. The maximum Gasteiger partial charge on any atom is 0.328 e. The third-order valence-electron chi connectivity index (χ3n) is 8.06. The van der Waals surface area contributed by atoms with Crippen LogP contribution >= 0.6 is 0 Å². The quantitative estimate of drug-likeness (QED) is 0.398. The molecule has 2 N–H and O–H groups in total. The number of aliphatic hydroxyl groups excluding tert-OH is 1. The molecular formula is C26H36O5. The lowest BCUT2D eigenvalue weighted by molar-refractivity contribution is -0.208. The van der Waals surface area contributed by atoms with Crippen LogP contribution in [0.4, 0.5) is 0 Å². The Labute approximate surface area is 185 Å². The Morgan fingerprint density at radius 2 is 2.06 bits per heavy atom. The van der Waals surface area contributed by atoms with Crippen molar-refractivity contribution in [3.63, 3.8) is 0 Å². The monoisotopic (exact) mass is 428 g/mol. The van der Waals surface area contributed by atoms with E-state index in [0.717, 1.165) is 25.3 Å². The van der Waals surface area contributed by atoms with Gasteiger partial charge in [-0.25, -0.2) is 4.79 Å². The first-order chi connectivity index (χ1) is 14.7. The van der Waals surface area contributed by atoms with Crippen LogP contribution in [0.25, 0.3) is 0 Å². The van der Waals surface area contributed by atoms with E-state index in [1.807, 2.05) is 6.08 Å². The standard InChI is InChI=1S/C26H36O5/c1-15-9-10-19-18(13-15)14-17(3)23-22(19)24(29)20(7-5-6-8-21(27)28)31-25-16(2)11-12-30-26(23,25)4/h5-9,14,16,18-20,22-25,29H,10-13H2,1-4H3,(H,27,28). The van der Waals surface area contributed by atoms with Gasteiger partial charge in [-0.05, 0) is 57.8 Å². The molecule has 2 fully saturated rings. The maximum atomic E-state index is 11.7. The number of aliphatic hydroxyl groups is 1. The number of hydrogen-bond donors (Lipinski definition) is 2. The number of ether oxygens (including phenoxy) is 2. The van der Waals surface area contributed by atoms with Gasteiger partial charge in [-0.15, -0.1) is 0 Å². The van der Waals surface area contributed by atoms with E-state index in [9.17, 15) is 9.90 Å². The van der Waals surface area contributed by atoms with Gasteiger partial charge in [0.1, 0.15) is 6.10 Å². The van der Waals surface area contributed by atoms with Crippen LogP contribution < -0.4 is 0 Å². The summed E-state index contributed by atoms with van der Waals surface area (Å²) in [6.07, 6.45) is 12.5. The highest BCUT2D eigenvalue weighted by molar-refractivity contribution is 5.80. The van der Waals surface area contributed by atoms with E-state index in [2.05, 4.69) is 39.8 Å². The molecule has 170 valence electrons. The van der Waals surface area contributed by atoms with Gasteiger partial charge >= 0.3 is 5.97 Å². The Morgan fingerprint density at radius 3 is 2.81 bits per heavy atom. The van der Waals surface area contributed by atoms with Crippen molar-refractivity contribution in [1.82, 2.24) is 0 Å². The van der Waals surface area contributed by atoms with E-state index in [1.165, 1.54) is 17.2 Å². The molecule has 5 nitrogen and oxygen atoms in total. The predicted molar refractivity (Wildman–Crippen MR) is 119 cm³/mol. The highest BCUT2D eigenvalue weighted by atomic mass is 16.6. The first-order valence-electron chi connectivity index (χ1n) is 11.6. The maximum absolute atomic E-state index is 11.7. The van der Waals surface area contributed by atoms with E-state index in [4.69, 9.17) is 14.6 Å². The molecular weight excluding hydrogens is 392 g/mol. The number of fused-ring (bicyclic) bond motifs is 5. The van der Waals surface area contributed by atoms with E-state index in [1.54, 1.807) is 6.08 Å². The molecule has 0 aromatic carbocycles. The molecule has 0 aromatic rings. The molecule has 0 saturated carbocycles. The Hall–Kier alpha value is -1.69. The second kappa shape index (κ2) is 8.68. The lowest BCUT2D eigenvalue weighted by atomic mass is 9.56. The third kappa shape index (κ3) is 4.08. The zero-order valence-electron chi connectivity index (χ0n) is 19.0. The molecule has 4 aliphatic rings. The fraction of sp³-hybridized carbons (Fsp3) is 0.654. The molecule has 9 atom stereocenters. The van der Waals surface area contributed by atoms with Gasteiger partial charge in [-0.2, -0.15) is 0 Å². The Balaban J connectivity index is 1.77. The van der Waals surface area contributed by atoms with Crippen LogP contribution in [0.2, 0.25) is 0 Å². The zero-order valence-corrected chi connectivity index (χ0v) is 19.0. The predicted octanol–water partition coefficient (Wildman–Crippen LogP) is 4.29. The molecule has 9 unspecified atom stereocenters. The molecule has 0 bridgehead atoms. The molecule has 0 aromatic heterocycles. The van der Waals surface area contributed by atoms with Gasteiger partial charge in [-0.1, -0.05) is 48.5 Å². The molecule has 2 aliphatic heterocycles. The number of hydrogen-bond acceptors (Lipinski definition) is 4. The fourth-order valence-electron chi connectivity index (χ4n) is 6.76. The lowest BCUT2D eigenvalue weighted by Crippen LogP contribution is -2.58. The van der Waals surface area contributed by atoms with Crippen molar-refractivity contribution in [1.29, 1.82) is 0 Å². The summed E-state index contributed by atoms with van der Waals surface area (Å²) in [7, 11) is 0. The van der Waals surface area contributed by atoms with Crippen molar-refractivity contribution in [2.24, 2.45) is 29.6 Å². The average molecular weight is 429 g/mol. The van der Waals surface area contributed by atoms with Crippen molar-refractivity contribution in [2.45, 2.75) is 70.9 Å². The first-order valence-corrected chi connectivity index (χ1v) is 11.6. The third-order valence-corrected chi connectivity index (χ3v) is 8.06. The molecule has 2 saturated heterocycles. The average Bonchev–Trinajstić information content (AvgIpc) is 2.79. The summed E-state index contributed by atoms with van der Waals surface area (Å²) in [5, 5.41) is 20.6. The van der Waals surface area contributed by atoms with E-state index in [-0.39, 0.29) is 17.9 Å². The number of aliphatic carboxylic acids is 1. The number of allylic oxidation sites excluding steroid dienone is 5. The smallest absolute Gasteiger partial charge is 0.328 e. The summed E-state index contributed by atoms with van der Waals surface area (Å²) >= 11 is 0. The summed E-state index contributed by atoms with van der Waals surface area (Å²) in [6.45, 7) is 9.49. The van der Waals surface area contributed by atoms with Crippen LogP contribution in [-0.2, 0) is 14.3 Å². The van der Waals surface area contributed by atoms with Gasteiger partial charge in [0, 0.05) is 24.5 Å². The molecule has 4 rings (SSSR count). The van der Waals surface area contributed by atoms with Crippen LogP contribution in [0.15, 0.2) is 47.6 Å². The van der Waals surface area contributed by atoms with Crippen molar-refractivity contribution in [3.8, 4) is 0 Å². The summed E-state index contributed by atoms with van der Waals surface area (Å²) in [5.41, 5.74) is 2.23. The highest BCUT2D eigenvalue weighted by Crippen LogP contribution is 2.55. The van der Waals surface area contributed by atoms with Crippen molar-refractivity contribution in [2.75, 3.05) is 6.61 Å². The van der Waals surface area contributed by atoms with Crippen LogP contribution in [0.1, 0.15) is 47.0 Å². The van der Waals surface area contributed by atoms with Gasteiger partial charge in [0.05, 0.1) is 17.8 Å². The summed E-state index contributed by atoms with van der Waals surface area (Å²) in [4.78, 5) is 10.8. The number of carboxylic acid groups (broad SMARTS) is 1. The van der Waals surface area contributed by atoms with Crippen molar-refractivity contribution in [3.05, 3.63) is 47.6 Å². The van der Waals surface area contributed by atoms with Gasteiger partial charge < -0.3 is 19.7 Å². The molecule has 31 heavy (non-hydrogen) atoms. The van der Waals surface area contributed by atoms with Gasteiger partial charge in [0.25, 0.3) is 0 Å². The Kier molecular flexibility index (Phi) is 6.30. The second-order valence-electron chi connectivity index (χ2n) is 10.2. The summed E-state index contributed by atoms with van der Waals surface area (Å²) in [5.74, 6) is 0.217. The van der Waals surface area contributed by atoms with Crippen LogP contribution in [-0.4, -0.2) is 46.7 Å². The Bertz CT molecular complexity index is 824. The molecule has 5 heteroatoms. The second-order valence-corrected chi connectivity index (χ2v) is 10.2. The minimum Gasteiger partial charge on any atom is -0.478 e. The fourth-order valence-corrected chi connectivity index (χ4v) is 6.76. The topological polar surface area (TPSA) is 76.0 Å². The molecule has 2 heterocycles. The van der Waals surface area contributed by atoms with Crippen molar-refractivity contribution < 1.29 is 24.5 Å². The summed E-state index contributed by atoms with van der Waals surface area (Å²) < 4.78 is 13.1. The number of rotatable bonds is 3. The van der Waals surface area contributed by atoms with Crippen LogP contribution in [0, 0.1) is 29.6 Å². The summed E-state index contributed by atoms with van der Waals surface area (Å²) in [6, 6.07) is 0. The number of carboxylic acids is 1. The minimum atomic E-state index is -0.992. The van der Waals surface area contributed by atoms with Crippen molar-refractivity contribution >= 4 is 5.97 Å². The Morgan fingerprint density at radius 1 is 1.29 bits per heavy atom. The van der Waals surface area contributed by atoms with Gasteiger partial charge in [-0.3, -0.25) is 0 Å². The van der Waals surface area contributed by atoms with E-state index < -0.39 is 23.8 Å². The molecule has 0 radical (unpaired) electrons. The van der Waals surface area contributed by atoms with E-state index >= 15 is 0 Å². The SMILES string of the molecule is CC1=CCC2C(C=C(C)C3C2C(O)C(C=CC=CC(=O)O)OC2C(C)CCOC23C)C1. The van der Waals surface area contributed by atoms with Crippen LogP contribution in [0.3, 0.4) is 0 Å². The van der Waals surface area contributed by atoms with Gasteiger partial charge in [0.2, 0.25) is 0 Å². The zero-order chi connectivity index (χ0) is 22.3.